The fraction of sp³-hybridized carbons (Fsp3) is 0.875. The Balaban J connectivity index is 1.71. The molecule has 0 radical (unpaired) electrons. The zero-order chi connectivity index (χ0) is 12.8. The van der Waals surface area contributed by atoms with Gasteiger partial charge in [-0.25, -0.2) is 0 Å². The molecular formula is C16H32N2+2. The van der Waals surface area contributed by atoms with Crippen LogP contribution < -0.4 is 9.80 Å². The molecule has 1 aliphatic carbocycles. The molecule has 2 N–H and O–H groups in total. The summed E-state index contributed by atoms with van der Waals surface area (Å²) in [5, 5.41) is 0. The number of piperazine rings is 1. The van der Waals surface area contributed by atoms with Crippen LogP contribution in [0.3, 0.4) is 0 Å². The number of hydrogen-bond donors (Lipinski definition) is 2. The van der Waals surface area contributed by atoms with Crippen molar-refractivity contribution in [3.05, 3.63) is 12.2 Å². The van der Waals surface area contributed by atoms with Crippen LogP contribution in [-0.4, -0.2) is 38.8 Å². The van der Waals surface area contributed by atoms with Gasteiger partial charge in [-0.3, -0.25) is 0 Å². The van der Waals surface area contributed by atoms with Crippen molar-refractivity contribution < 1.29 is 9.80 Å². The summed E-state index contributed by atoms with van der Waals surface area (Å²) in [5.74, 6) is 0.972. The van der Waals surface area contributed by atoms with Crippen molar-refractivity contribution in [2.24, 2.45) is 5.92 Å². The Kier molecular flexibility index (Phi) is 5.71. The van der Waals surface area contributed by atoms with Crippen molar-refractivity contribution >= 4 is 0 Å². The van der Waals surface area contributed by atoms with E-state index in [0.29, 0.717) is 0 Å². The maximum atomic E-state index is 2.40. The highest BCUT2D eigenvalue weighted by Gasteiger charge is 2.28. The van der Waals surface area contributed by atoms with Crippen molar-refractivity contribution in [3.8, 4) is 0 Å². The minimum atomic E-state index is 0.921. The standard InChI is InChI=1S/C16H30N2/c1-3-16(4-2)18-12-10-17(11-13-18)14-15-8-6-5-7-9-15/h5-6,15-16H,3-4,7-14H2,1-2H3/p+2/t15-/m0/s1. The molecule has 2 nitrogen and oxygen atoms in total. The highest BCUT2D eigenvalue weighted by Crippen LogP contribution is 2.15. The van der Waals surface area contributed by atoms with Crippen LogP contribution in [-0.2, 0) is 0 Å². The smallest absolute Gasteiger partial charge is 0.127 e. The van der Waals surface area contributed by atoms with Crippen LogP contribution in [0.15, 0.2) is 12.2 Å². The molecule has 0 aromatic heterocycles. The number of hydrogen-bond acceptors (Lipinski definition) is 0. The predicted molar refractivity (Wildman–Crippen MR) is 77.1 cm³/mol. The summed E-state index contributed by atoms with van der Waals surface area (Å²) in [6.45, 7) is 11.8. The summed E-state index contributed by atoms with van der Waals surface area (Å²) in [6, 6.07) is 0.921. The lowest BCUT2D eigenvalue weighted by Crippen LogP contribution is -3.29. The summed E-state index contributed by atoms with van der Waals surface area (Å²) in [6.07, 6.45) is 11.6. The molecule has 1 atom stereocenters. The lowest BCUT2D eigenvalue weighted by molar-refractivity contribution is -1.02. The van der Waals surface area contributed by atoms with E-state index in [0.717, 1.165) is 12.0 Å². The van der Waals surface area contributed by atoms with E-state index >= 15 is 0 Å². The molecule has 1 saturated heterocycles. The van der Waals surface area contributed by atoms with Gasteiger partial charge in [-0.2, -0.15) is 0 Å². The van der Waals surface area contributed by atoms with E-state index in [2.05, 4.69) is 26.0 Å². The van der Waals surface area contributed by atoms with Gasteiger partial charge >= 0.3 is 0 Å². The van der Waals surface area contributed by atoms with Crippen molar-refractivity contribution in [3.63, 3.8) is 0 Å². The van der Waals surface area contributed by atoms with Crippen molar-refractivity contribution in [2.75, 3.05) is 32.7 Å². The molecule has 0 aromatic rings. The molecule has 0 unspecified atom stereocenters. The van der Waals surface area contributed by atoms with Crippen molar-refractivity contribution in [2.45, 2.75) is 52.0 Å². The molecule has 2 aliphatic rings. The van der Waals surface area contributed by atoms with Crippen LogP contribution in [0.25, 0.3) is 0 Å². The second-order valence-electron chi connectivity index (χ2n) is 6.28. The molecule has 2 heteroatoms. The molecule has 0 aromatic carbocycles. The first-order valence-electron chi connectivity index (χ1n) is 8.16. The number of quaternary nitrogens is 2. The van der Waals surface area contributed by atoms with E-state index in [4.69, 9.17) is 0 Å². The first kappa shape index (κ1) is 14.1. The Morgan fingerprint density at radius 2 is 1.78 bits per heavy atom. The third-order valence-electron chi connectivity index (χ3n) is 5.12. The highest BCUT2D eigenvalue weighted by molar-refractivity contribution is 4.89. The zero-order valence-electron chi connectivity index (χ0n) is 12.4. The molecule has 104 valence electrons. The van der Waals surface area contributed by atoms with E-state index in [-0.39, 0.29) is 0 Å². The predicted octanol–water partition coefficient (Wildman–Crippen LogP) is 0.315. The molecule has 1 heterocycles. The second-order valence-corrected chi connectivity index (χ2v) is 6.28. The first-order chi connectivity index (χ1) is 8.83. The molecular weight excluding hydrogens is 220 g/mol. The Bertz CT molecular complexity index is 250. The third kappa shape index (κ3) is 3.83. The lowest BCUT2D eigenvalue weighted by Gasteiger charge is -2.35. The van der Waals surface area contributed by atoms with Crippen molar-refractivity contribution in [1.82, 2.24) is 0 Å². The molecule has 1 fully saturated rings. The van der Waals surface area contributed by atoms with Crippen LogP contribution >= 0.6 is 0 Å². The Morgan fingerprint density at radius 3 is 2.33 bits per heavy atom. The van der Waals surface area contributed by atoms with Gasteiger partial charge in [0.05, 0.1) is 12.6 Å². The fourth-order valence-corrected chi connectivity index (χ4v) is 3.85. The number of rotatable bonds is 5. The average molecular weight is 252 g/mol. The Morgan fingerprint density at radius 1 is 1.06 bits per heavy atom. The minimum Gasteiger partial charge on any atom is -0.325 e. The molecule has 0 bridgehead atoms. The van der Waals surface area contributed by atoms with E-state index in [1.165, 1.54) is 64.8 Å². The molecule has 0 spiro atoms. The topological polar surface area (TPSA) is 8.88 Å². The molecule has 18 heavy (non-hydrogen) atoms. The maximum absolute atomic E-state index is 2.40. The third-order valence-corrected chi connectivity index (χ3v) is 5.12. The molecule has 0 saturated carbocycles. The Hall–Kier alpha value is -0.340. The van der Waals surface area contributed by atoms with Crippen LogP contribution in [0.1, 0.15) is 46.0 Å². The summed E-state index contributed by atoms with van der Waals surface area (Å²) < 4.78 is 0. The molecule has 1 aliphatic heterocycles. The van der Waals surface area contributed by atoms with Gasteiger partial charge in [0.25, 0.3) is 0 Å². The summed E-state index contributed by atoms with van der Waals surface area (Å²) in [7, 11) is 0. The van der Waals surface area contributed by atoms with Gasteiger partial charge in [0.15, 0.2) is 0 Å². The van der Waals surface area contributed by atoms with Gasteiger partial charge in [-0.1, -0.05) is 26.0 Å². The van der Waals surface area contributed by atoms with Gasteiger partial charge in [0.2, 0.25) is 0 Å². The highest BCUT2D eigenvalue weighted by atomic mass is 15.3. The zero-order valence-corrected chi connectivity index (χ0v) is 12.4. The summed E-state index contributed by atoms with van der Waals surface area (Å²) in [5.41, 5.74) is 0. The van der Waals surface area contributed by atoms with Gasteiger partial charge in [0.1, 0.15) is 26.2 Å². The average Bonchev–Trinajstić information content (AvgIpc) is 2.43. The largest absolute Gasteiger partial charge is 0.325 e. The maximum Gasteiger partial charge on any atom is 0.127 e. The van der Waals surface area contributed by atoms with Gasteiger partial charge in [-0.15, -0.1) is 0 Å². The quantitative estimate of drug-likeness (QED) is 0.652. The first-order valence-corrected chi connectivity index (χ1v) is 8.16. The van der Waals surface area contributed by atoms with Gasteiger partial charge in [0, 0.05) is 5.92 Å². The molecule has 2 rings (SSSR count). The van der Waals surface area contributed by atoms with E-state index < -0.39 is 0 Å². The van der Waals surface area contributed by atoms with Crippen LogP contribution in [0, 0.1) is 5.92 Å². The van der Waals surface area contributed by atoms with Crippen LogP contribution in [0.2, 0.25) is 0 Å². The van der Waals surface area contributed by atoms with Gasteiger partial charge < -0.3 is 9.80 Å². The monoisotopic (exact) mass is 252 g/mol. The number of allylic oxidation sites excluding steroid dienone is 2. The second kappa shape index (κ2) is 7.30. The van der Waals surface area contributed by atoms with Crippen LogP contribution in [0.5, 0.6) is 0 Å². The summed E-state index contributed by atoms with van der Waals surface area (Å²) in [4.78, 5) is 3.76. The number of nitrogens with one attached hydrogen (secondary N) is 2. The Labute approximate surface area is 113 Å². The van der Waals surface area contributed by atoms with Gasteiger partial charge in [-0.05, 0) is 32.1 Å². The van der Waals surface area contributed by atoms with E-state index in [9.17, 15) is 0 Å². The van der Waals surface area contributed by atoms with Crippen LogP contribution in [0.4, 0.5) is 0 Å². The van der Waals surface area contributed by atoms with Crippen molar-refractivity contribution in [1.29, 1.82) is 0 Å². The summed E-state index contributed by atoms with van der Waals surface area (Å²) >= 11 is 0. The van der Waals surface area contributed by atoms with E-state index in [1.54, 1.807) is 0 Å². The molecule has 0 amide bonds. The normalized spacial score (nSPS) is 32.9. The lowest BCUT2D eigenvalue weighted by atomic mass is 9.93. The minimum absolute atomic E-state index is 0.921. The van der Waals surface area contributed by atoms with E-state index in [1.807, 2.05) is 9.80 Å². The SMILES string of the molecule is CCC(CC)[NH+]1CC[NH+](C[C@H]2CC=CCC2)CC1. The fourth-order valence-electron chi connectivity index (χ4n) is 3.85.